The molecule has 4 aromatic rings. The number of anilines is 1. The van der Waals surface area contributed by atoms with Gasteiger partial charge in [-0.25, -0.2) is 9.97 Å². The van der Waals surface area contributed by atoms with Crippen LogP contribution in [0.2, 0.25) is 0 Å². The minimum atomic E-state index is -0.123. The minimum absolute atomic E-state index is 0.00134. The SMILES string of the molecule is CC(=O)NCCCc1ccc(-c2csc(NC(=O)Cc3csc(-c4ccsc4)n3)n2)cc1. The van der Waals surface area contributed by atoms with Crippen molar-refractivity contribution in [1.29, 1.82) is 0 Å². The Kier molecular flexibility index (Phi) is 7.41. The van der Waals surface area contributed by atoms with Crippen molar-refractivity contribution in [2.75, 3.05) is 11.9 Å². The summed E-state index contributed by atoms with van der Waals surface area (Å²) in [6, 6.07) is 10.3. The largest absolute Gasteiger partial charge is 0.356 e. The third-order valence-electron chi connectivity index (χ3n) is 4.68. The second-order valence-electron chi connectivity index (χ2n) is 7.20. The molecule has 3 aromatic heterocycles. The summed E-state index contributed by atoms with van der Waals surface area (Å²) in [6.45, 7) is 2.21. The molecule has 0 spiro atoms. The minimum Gasteiger partial charge on any atom is -0.356 e. The number of hydrogen-bond donors (Lipinski definition) is 2. The number of nitrogens with zero attached hydrogens (tertiary/aromatic N) is 2. The highest BCUT2D eigenvalue weighted by atomic mass is 32.1. The van der Waals surface area contributed by atoms with Crippen molar-refractivity contribution >= 4 is 51.0 Å². The molecule has 0 radical (unpaired) electrons. The average Bonchev–Trinajstić information content (AvgIpc) is 3.53. The van der Waals surface area contributed by atoms with Gasteiger partial charge in [0.05, 0.1) is 17.8 Å². The van der Waals surface area contributed by atoms with Crippen LogP contribution < -0.4 is 10.6 Å². The van der Waals surface area contributed by atoms with Gasteiger partial charge in [-0.15, -0.1) is 22.7 Å². The molecular weight excluding hydrogens is 460 g/mol. The predicted molar refractivity (Wildman–Crippen MR) is 132 cm³/mol. The lowest BCUT2D eigenvalue weighted by molar-refractivity contribution is -0.119. The third-order valence-corrected chi connectivity index (χ3v) is 7.06. The van der Waals surface area contributed by atoms with E-state index in [1.54, 1.807) is 22.7 Å². The Hall–Kier alpha value is -2.88. The van der Waals surface area contributed by atoms with Crippen molar-refractivity contribution in [3.05, 3.63) is 63.1 Å². The molecule has 0 atom stereocenters. The van der Waals surface area contributed by atoms with Gasteiger partial charge in [0.1, 0.15) is 5.01 Å². The van der Waals surface area contributed by atoms with Crippen LogP contribution >= 0.6 is 34.0 Å². The van der Waals surface area contributed by atoms with Crippen LogP contribution in [0.15, 0.2) is 51.9 Å². The first-order valence-electron chi connectivity index (χ1n) is 10.1. The highest BCUT2D eigenvalue weighted by Gasteiger charge is 2.12. The lowest BCUT2D eigenvalue weighted by atomic mass is 10.1. The Morgan fingerprint density at radius 2 is 1.81 bits per heavy atom. The van der Waals surface area contributed by atoms with Crippen molar-refractivity contribution in [1.82, 2.24) is 15.3 Å². The van der Waals surface area contributed by atoms with Gasteiger partial charge < -0.3 is 10.6 Å². The van der Waals surface area contributed by atoms with Gasteiger partial charge in [-0.3, -0.25) is 9.59 Å². The molecule has 0 saturated carbocycles. The average molecular weight is 483 g/mol. The normalized spacial score (nSPS) is 10.8. The van der Waals surface area contributed by atoms with E-state index in [1.807, 2.05) is 34.3 Å². The van der Waals surface area contributed by atoms with Crippen molar-refractivity contribution in [3.8, 4) is 21.8 Å². The molecule has 0 unspecified atom stereocenters. The summed E-state index contributed by atoms with van der Waals surface area (Å²) in [5.41, 5.74) is 4.92. The Morgan fingerprint density at radius 3 is 2.56 bits per heavy atom. The maximum absolute atomic E-state index is 12.4. The first-order valence-corrected chi connectivity index (χ1v) is 12.8. The quantitative estimate of drug-likeness (QED) is 0.319. The number of amides is 2. The van der Waals surface area contributed by atoms with Gasteiger partial charge in [0.2, 0.25) is 11.8 Å². The van der Waals surface area contributed by atoms with Crippen LogP contribution in [0.25, 0.3) is 21.8 Å². The highest BCUT2D eigenvalue weighted by Crippen LogP contribution is 2.27. The molecule has 0 bridgehead atoms. The summed E-state index contributed by atoms with van der Waals surface area (Å²) in [7, 11) is 0. The first-order chi connectivity index (χ1) is 15.6. The van der Waals surface area contributed by atoms with Crippen LogP contribution in [0.3, 0.4) is 0 Å². The summed E-state index contributed by atoms with van der Waals surface area (Å²) in [6.07, 6.45) is 2.03. The maximum Gasteiger partial charge on any atom is 0.232 e. The molecule has 0 aliphatic heterocycles. The molecular formula is C23H22N4O2S3. The van der Waals surface area contributed by atoms with Gasteiger partial charge in [-0.05, 0) is 29.9 Å². The number of rotatable bonds is 9. The molecule has 2 N–H and O–H groups in total. The van der Waals surface area contributed by atoms with Gasteiger partial charge in [-0.2, -0.15) is 11.3 Å². The molecule has 164 valence electrons. The summed E-state index contributed by atoms with van der Waals surface area (Å²) < 4.78 is 0. The van der Waals surface area contributed by atoms with Gasteiger partial charge in [-0.1, -0.05) is 24.3 Å². The zero-order valence-corrected chi connectivity index (χ0v) is 19.9. The first kappa shape index (κ1) is 22.3. The predicted octanol–water partition coefficient (Wildman–Crippen LogP) is 5.25. The van der Waals surface area contributed by atoms with Crippen LogP contribution in [0.4, 0.5) is 5.13 Å². The number of hydrogen-bond acceptors (Lipinski definition) is 7. The number of thiophene rings is 1. The molecule has 0 fully saturated rings. The van der Waals surface area contributed by atoms with Crippen molar-refractivity contribution in [2.24, 2.45) is 0 Å². The van der Waals surface area contributed by atoms with E-state index < -0.39 is 0 Å². The number of thiazole rings is 2. The highest BCUT2D eigenvalue weighted by molar-refractivity contribution is 7.14. The van der Waals surface area contributed by atoms with Gasteiger partial charge in [0.25, 0.3) is 0 Å². The van der Waals surface area contributed by atoms with Crippen LogP contribution in [0.5, 0.6) is 0 Å². The fourth-order valence-corrected chi connectivity index (χ4v) is 5.37. The summed E-state index contributed by atoms with van der Waals surface area (Å²) in [5.74, 6) is -0.121. The van der Waals surface area contributed by atoms with Crippen LogP contribution in [0, 0.1) is 0 Å². The number of carbonyl (C=O) groups excluding carboxylic acids is 2. The van der Waals surface area contributed by atoms with E-state index in [0.717, 1.165) is 40.4 Å². The van der Waals surface area contributed by atoms with E-state index in [4.69, 9.17) is 0 Å². The maximum atomic E-state index is 12.4. The van der Waals surface area contributed by atoms with Crippen molar-refractivity contribution in [3.63, 3.8) is 0 Å². The number of benzene rings is 1. The zero-order valence-electron chi connectivity index (χ0n) is 17.5. The van der Waals surface area contributed by atoms with E-state index in [1.165, 1.54) is 23.8 Å². The van der Waals surface area contributed by atoms with Crippen LogP contribution in [0.1, 0.15) is 24.6 Å². The Bertz CT molecular complexity index is 1180. The second-order valence-corrected chi connectivity index (χ2v) is 9.70. The summed E-state index contributed by atoms with van der Waals surface area (Å²) >= 11 is 4.59. The lowest BCUT2D eigenvalue weighted by Crippen LogP contribution is -2.21. The molecule has 9 heteroatoms. The molecule has 0 saturated heterocycles. The number of aromatic nitrogens is 2. The number of nitrogens with one attached hydrogen (secondary N) is 2. The van der Waals surface area contributed by atoms with Crippen LogP contribution in [-0.4, -0.2) is 28.3 Å². The van der Waals surface area contributed by atoms with Gasteiger partial charge in [0.15, 0.2) is 5.13 Å². The van der Waals surface area contributed by atoms with Gasteiger partial charge in [0, 0.05) is 40.7 Å². The molecule has 0 aliphatic rings. The molecule has 3 heterocycles. The zero-order chi connectivity index (χ0) is 22.3. The van der Waals surface area contributed by atoms with E-state index in [0.29, 0.717) is 11.7 Å². The fourth-order valence-electron chi connectivity index (χ4n) is 3.10. The number of aryl methyl sites for hydroxylation is 1. The Labute approximate surface area is 198 Å². The number of carbonyl (C=O) groups is 2. The van der Waals surface area contributed by atoms with E-state index in [9.17, 15) is 9.59 Å². The molecule has 6 nitrogen and oxygen atoms in total. The van der Waals surface area contributed by atoms with E-state index >= 15 is 0 Å². The molecule has 2 amide bonds. The van der Waals surface area contributed by atoms with Crippen LogP contribution in [-0.2, 0) is 22.4 Å². The summed E-state index contributed by atoms with van der Waals surface area (Å²) in [4.78, 5) is 32.5. The Balaban J connectivity index is 1.29. The van der Waals surface area contributed by atoms with Crippen molar-refractivity contribution < 1.29 is 9.59 Å². The molecule has 1 aromatic carbocycles. The molecule has 0 aliphatic carbocycles. The van der Waals surface area contributed by atoms with Crippen molar-refractivity contribution in [2.45, 2.75) is 26.2 Å². The fraction of sp³-hybridized carbons (Fsp3) is 0.217. The van der Waals surface area contributed by atoms with Gasteiger partial charge >= 0.3 is 0 Å². The smallest absolute Gasteiger partial charge is 0.232 e. The topological polar surface area (TPSA) is 84.0 Å². The van der Waals surface area contributed by atoms with E-state index in [-0.39, 0.29) is 18.2 Å². The standard InChI is InChI=1S/C23H22N4O2S3/c1-15(28)24-9-2-3-16-4-6-17(7-5-16)20-14-32-23(26-20)27-21(29)11-19-13-31-22(25-19)18-8-10-30-12-18/h4-8,10,12-14H,2-3,9,11H2,1H3,(H,24,28)(H,26,27,29). The second kappa shape index (κ2) is 10.6. The molecule has 32 heavy (non-hydrogen) atoms. The summed E-state index contributed by atoms with van der Waals surface area (Å²) in [5, 5.41) is 15.1. The lowest BCUT2D eigenvalue weighted by Gasteiger charge is -2.04. The molecule has 4 rings (SSSR count). The van der Waals surface area contributed by atoms with E-state index in [2.05, 4.69) is 38.1 Å². The Morgan fingerprint density at radius 1 is 0.969 bits per heavy atom. The third kappa shape index (κ3) is 6.09. The monoisotopic (exact) mass is 482 g/mol.